The number of phenolic OH excluding ortho intramolecular Hbond substituents is 1. The minimum Gasteiger partial charge on any atom is -0.507 e. The third-order valence-corrected chi connectivity index (χ3v) is 2.94. The van der Waals surface area contributed by atoms with Crippen LogP contribution in [0.5, 0.6) is 11.5 Å². The first kappa shape index (κ1) is 13.6. The summed E-state index contributed by atoms with van der Waals surface area (Å²) in [6.07, 6.45) is 0. The van der Waals surface area contributed by atoms with Crippen LogP contribution >= 0.6 is 0 Å². The van der Waals surface area contributed by atoms with Crippen molar-refractivity contribution in [2.24, 2.45) is 0 Å². The van der Waals surface area contributed by atoms with Crippen molar-refractivity contribution < 1.29 is 24.9 Å². The van der Waals surface area contributed by atoms with Gasteiger partial charge in [-0.05, 0) is 42.3 Å². The Hall–Kier alpha value is -2.82. The van der Waals surface area contributed by atoms with Gasteiger partial charge >= 0.3 is 5.97 Å². The zero-order valence-electron chi connectivity index (χ0n) is 10.6. The Morgan fingerprint density at radius 1 is 0.850 bits per heavy atom. The Balaban J connectivity index is 2.57. The second kappa shape index (κ2) is 5.05. The molecular weight excluding hydrogens is 260 g/mol. The molecule has 3 N–H and O–H groups in total. The van der Waals surface area contributed by atoms with Crippen LogP contribution in [0.25, 0.3) is 11.1 Å². The first-order valence-corrected chi connectivity index (χ1v) is 5.81. The number of hydrogen-bond donors (Lipinski definition) is 3. The fraction of sp³-hybridized carbons (Fsp3) is 0.0667. The summed E-state index contributed by atoms with van der Waals surface area (Å²) in [6.45, 7) is 1.33. The van der Waals surface area contributed by atoms with E-state index in [4.69, 9.17) is 5.11 Å². The molecule has 0 aliphatic carbocycles. The van der Waals surface area contributed by atoms with E-state index in [1.807, 2.05) is 0 Å². The maximum absolute atomic E-state index is 11.4. The van der Waals surface area contributed by atoms with Crippen LogP contribution in [0.2, 0.25) is 0 Å². The summed E-state index contributed by atoms with van der Waals surface area (Å²) < 4.78 is 0. The zero-order chi connectivity index (χ0) is 14.9. The highest BCUT2D eigenvalue weighted by Crippen LogP contribution is 2.29. The van der Waals surface area contributed by atoms with E-state index >= 15 is 0 Å². The van der Waals surface area contributed by atoms with Gasteiger partial charge in [-0.3, -0.25) is 4.79 Å². The second-order valence-corrected chi connectivity index (χ2v) is 4.33. The molecule has 5 heteroatoms. The maximum atomic E-state index is 11.4. The molecule has 0 heterocycles. The van der Waals surface area contributed by atoms with Crippen LogP contribution in [-0.4, -0.2) is 27.1 Å². The van der Waals surface area contributed by atoms with E-state index in [2.05, 4.69) is 0 Å². The highest BCUT2D eigenvalue weighted by atomic mass is 16.4. The lowest BCUT2D eigenvalue weighted by Gasteiger charge is -2.07. The fourth-order valence-electron chi connectivity index (χ4n) is 1.88. The Kier molecular flexibility index (Phi) is 3.43. The largest absolute Gasteiger partial charge is 0.507 e. The molecule has 0 aliphatic heterocycles. The minimum atomic E-state index is -1.24. The number of aromatic hydroxyl groups is 2. The third-order valence-electron chi connectivity index (χ3n) is 2.94. The number of benzene rings is 2. The number of hydrogen-bond acceptors (Lipinski definition) is 4. The molecule has 2 aromatic rings. The van der Waals surface area contributed by atoms with Gasteiger partial charge < -0.3 is 15.3 Å². The van der Waals surface area contributed by atoms with Gasteiger partial charge in [0.05, 0.1) is 5.56 Å². The number of rotatable bonds is 3. The Bertz CT molecular complexity index is 642. The molecular formula is C15H12O5. The first-order chi connectivity index (χ1) is 9.40. The quantitative estimate of drug-likeness (QED) is 0.747. The van der Waals surface area contributed by atoms with Crippen molar-refractivity contribution in [2.45, 2.75) is 6.92 Å². The van der Waals surface area contributed by atoms with Gasteiger partial charge in [0.1, 0.15) is 17.1 Å². The summed E-state index contributed by atoms with van der Waals surface area (Å²) in [6, 6.07) is 8.56. The predicted octanol–water partition coefficient (Wildman–Crippen LogP) is 2.67. The summed E-state index contributed by atoms with van der Waals surface area (Å²) in [5, 5.41) is 28.0. The molecule has 0 fully saturated rings. The molecule has 0 bridgehead atoms. The van der Waals surface area contributed by atoms with Crippen LogP contribution in [0.15, 0.2) is 36.4 Å². The summed E-state index contributed by atoms with van der Waals surface area (Å²) >= 11 is 0. The molecule has 0 amide bonds. The van der Waals surface area contributed by atoms with Gasteiger partial charge in [-0.1, -0.05) is 12.1 Å². The average Bonchev–Trinajstić information content (AvgIpc) is 2.39. The molecule has 0 unspecified atom stereocenters. The molecule has 0 radical (unpaired) electrons. The summed E-state index contributed by atoms with van der Waals surface area (Å²) in [5.74, 6) is -1.98. The number of ketones is 1. The SMILES string of the molecule is CC(=O)c1cc(-c2ccc(O)c(C(=O)O)c2)ccc1O. The topological polar surface area (TPSA) is 94.8 Å². The van der Waals surface area contributed by atoms with Crippen molar-refractivity contribution in [3.8, 4) is 22.6 Å². The number of phenols is 2. The molecule has 5 nitrogen and oxygen atoms in total. The van der Waals surface area contributed by atoms with Crippen LogP contribution in [-0.2, 0) is 0 Å². The lowest BCUT2D eigenvalue weighted by Crippen LogP contribution is -1.97. The van der Waals surface area contributed by atoms with E-state index in [0.29, 0.717) is 11.1 Å². The van der Waals surface area contributed by atoms with E-state index in [-0.39, 0.29) is 28.4 Å². The number of Topliss-reactive ketones (excluding diaryl/α,β-unsaturated/α-hetero) is 1. The first-order valence-electron chi connectivity index (χ1n) is 5.81. The number of carboxylic acid groups (broad SMARTS) is 1. The van der Waals surface area contributed by atoms with Crippen molar-refractivity contribution in [3.63, 3.8) is 0 Å². The fourth-order valence-corrected chi connectivity index (χ4v) is 1.88. The smallest absolute Gasteiger partial charge is 0.339 e. The molecule has 0 aliphatic rings. The van der Waals surface area contributed by atoms with Gasteiger partial charge in [0.15, 0.2) is 5.78 Å². The minimum absolute atomic E-state index is 0.126. The highest BCUT2D eigenvalue weighted by molar-refractivity contribution is 5.98. The molecule has 20 heavy (non-hydrogen) atoms. The number of carbonyl (C=O) groups excluding carboxylic acids is 1. The molecule has 2 rings (SSSR count). The van der Waals surface area contributed by atoms with E-state index in [0.717, 1.165) is 0 Å². The third kappa shape index (κ3) is 2.47. The van der Waals surface area contributed by atoms with E-state index < -0.39 is 5.97 Å². The summed E-state index contributed by atoms with van der Waals surface area (Å²) in [5.41, 5.74) is 1.05. The number of carboxylic acids is 1. The van der Waals surface area contributed by atoms with Crippen LogP contribution in [0.1, 0.15) is 27.6 Å². The molecule has 0 saturated heterocycles. The van der Waals surface area contributed by atoms with E-state index in [1.165, 1.54) is 37.3 Å². The van der Waals surface area contributed by atoms with Gasteiger partial charge in [-0.25, -0.2) is 4.79 Å². The maximum Gasteiger partial charge on any atom is 0.339 e. The molecule has 0 saturated carbocycles. The highest BCUT2D eigenvalue weighted by Gasteiger charge is 2.13. The standard InChI is InChI=1S/C15H12O5/c1-8(16)11-6-9(2-4-13(11)17)10-3-5-14(18)12(7-10)15(19)20/h2-7,17-18H,1H3,(H,19,20). The van der Waals surface area contributed by atoms with Gasteiger partial charge in [0.2, 0.25) is 0 Å². The Morgan fingerprint density at radius 3 is 1.75 bits per heavy atom. The van der Waals surface area contributed by atoms with Crippen LogP contribution in [0, 0.1) is 0 Å². The van der Waals surface area contributed by atoms with Gasteiger partial charge in [-0.15, -0.1) is 0 Å². The predicted molar refractivity (Wildman–Crippen MR) is 72.2 cm³/mol. The van der Waals surface area contributed by atoms with Crippen LogP contribution < -0.4 is 0 Å². The molecule has 102 valence electrons. The monoisotopic (exact) mass is 272 g/mol. The van der Waals surface area contributed by atoms with Crippen molar-refractivity contribution >= 4 is 11.8 Å². The van der Waals surface area contributed by atoms with Crippen molar-refractivity contribution in [2.75, 3.05) is 0 Å². The van der Waals surface area contributed by atoms with Crippen molar-refractivity contribution in [1.82, 2.24) is 0 Å². The lowest BCUT2D eigenvalue weighted by atomic mass is 9.99. The van der Waals surface area contributed by atoms with E-state index in [1.54, 1.807) is 6.07 Å². The van der Waals surface area contributed by atoms with Crippen molar-refractivity contribution in [1.29, 1.82) is 0 Å². The van der Waals surface area contributed by atoms with Gasteiger partial charge in [0.25, 0.3) is 0 Å². The average molecular weight is 272 g/mol. The van der Waals surface area contributed by atoms with Crippen molar-refractivity contribution in [3.05, 3.63) is 47.5 Å². The summed E-state index contributed by atoms with van der Waals surface area (Å²) in [4.78, 5) is 22.4. The van der Waals surface area contributed by atoms with Crippen LogP contribution in [0.4, 0.5) is 0 Å². The Labute approximate surface area is 114 Å². The van der Waals surface area contributed by atoms with Gasteiger partial charge in [-0.2, -0.15) is 0 Å². The van der Waals surface area contributed by atoms with E-state index in [9.17, 15) is 19.8 Å². The molecule has 0 spiro atoms. The lowest BCUT2D eigenvalue weighted by molar-refractivity contribution is 0.0693. The number of aromatic carboxylic acids is 1. The summed E-state index contributed by atoms with van der Waals surface area (Å²) in [7, 11) is 0. The molecule has 0 atom stereocenters. The number of carbonyl (C=O) groups is 2. The van der Waals surface area contributed by atoms with Gasteiger partial charge in [0, 0.05) is 0 Å². The second-order valence-electron chi connectivity index (χ2n) is 4.33. The molecule has 0 aromatic heterocycles. The normalized spacial score (nSPS) is 10.2. The van der Waals surface area contributed by atoms with Crippen LogP contribution in [0.3, 0.4) is 0 Å². The Morgan fingerprint density at radius 2 is 1.30 bits per heavy atom. The zero-order valence-corrected chi connectivity index (χ0v) is 10.6. The molecule has 2 aromatic carbocycles.